The lowest BCUT2D eigenvalue weighted by Gasteiger charge is -2.33. The molecule has 1 fully saturated rings. The number of benzene rings is 1. The molecule has 0 bridgehead atoms. The number of piperidine rings is 1. The van der Waals surface area contributed by atoms with E-state index in [0.29, 0.717) is 43.2 Å². The Morgan fingerprint density at radius 1 is 1.27 bits per heavy atom. The number of ether oxygens (including phenoxy) is 1. The highest BCUT2D eigenvalue weighted by atomic mass is 32.2. The van der Waals surface area contributed by atoms with Crippen molar-refractivity contribution in [1.29, 1.82) is 5.26 Å². The SMILES string of the molecule is CC(C)(Oc1ccccc1)C(=O)N=S(C)(=O)C1CCN(c2cc(C#N)ncn2)CC1. The first-order chi connectivity index (χ1) is 14.2. The predicted molar refractivity (Wildman–Crippen MR) is 115 cm³/mol. The third-order valence-corrected chi connectivity index (χ3v) is 7.28. The fraction of sp³-hybridized carbons (Fsp3) is 0.429. The van der Waals surface area contributed by atoms with Gasteiger partial charge in [0.1, 0.15) is 29.7 Å². The minimum atomic E-state index is -2.74. The Kier molecular flexibility index (Phi) is 6.37. The van der Waals surface area contributed by atoms with Crippen molar-refractivity contribution in [3.8, 4) is 11.8 Å². The van der Waals surface area contributed by atoms with Crippen molar-refractivity contribution in [2.24, 2.45) is 4.36 Å². The van der Waals surface area contributed by atoms with Gasteiger partial charge in [-0.2, -0.15) is 9.62 Å². The molecule has 1 aromatic carbocycles. The largest absolute Gasteiger partial charge is 0.478 e. The Hall–Kier alpha value is -2.99. The summed E-state index contributed by atoms with van der Waals surface area (Å²) in [7, 11) is -2.74. The second-order valence-electron chi connectivity index (χ2n) is 7.74. The number of hydrogen-bond acceptors (Lipinski definition) is 7. The van der Waals surface area contributed by atoms with E-state index in [1.165, 1.54) is 6.33 Å². The van der Waals surface area contributed by atoms with Gasteiger partial charge >= 0.3 is 0 Å². The first-order valence-corrected chi connectivity index (χ1v) is 11.7. The summed E-state index contributed by atoms with van der Waals surface area (Å²) in [6.45, 7) is 4.49. The monoisotopic (exact) mass is 427 g/mol. The van der Waals surface area contributed by atoms with Crippen LogP contribution in [0.3, 0.4) is 0 Å². The molecule has 1 atom stereocenters. The molecule has 1 saturated heterocycles. The summed E-state index contributed by atoms with van der Waals surface area (Å²) < 4.78 is 23.1. The van der Waals surface area contributed by atoms with E-state index in [1.807, 2.05) is 29.2 Å². The maximum atomic E-state index is 13.3. The highest BCUT2D eigenvalue weighted by Gasteiger charge is 2.33. The van der Waals surface area contributed by atoms with Gasteiger partial charge in [-0.15, -0.1) is 0 Å². The molecular weight excluding hydrogens is 402 g/mol. The molecule has 0 aliphatic carbocycles. The van der Waals surface area contributed by atoms with Gasteiger partial charge in [0.2, 0.25) is 0 Å². The number of amides is 1. The van der Waals surface area contributed by atoms with E-state index >= 15 is 0 Å². The van der Waals surface area contributed by atoms with Crippen molar-refractivity contribution in [3.05, 3.63) is 48.4 Å². The average molecular weight is 428 g/mol. The maximum absolute atomic E-state index is 13.3. The van der Waals surface area contributed by atoms with E-state index in [0.717, 1.165) is 0 Å². The highest BCUT2D eigenvalue weighted by molar-refractivity contribution is 7.93. The molecule has 0 N–H and O–H groups in total. The topological polar surface area (TPSA) is 109 Å². The molecule has 8 nitrogen and oxygen atoms in total. The van der Waals surface area contributed by atoms with Crippen molar-refractivity contribution < 1.29 is 13.7 Å². The van der Waals surface area contributed by atoms with Gasteiger partial charge < -0.3 is 9.64 Å². The number of aromatic nitrogens is 2. The maximum Gasteiger partial charge on any atom is 0.297 e. The van der Waals surface area contributed by atoms with Crippen LogP contribution in [-0.2, 0) is 14.5 Å². The normalized spacial score (nSPS) is 16.9. The molecule has 3 rings (SSSR count). The standard InChI is InChI=1S/C21H25N5O3S/c1-21(2,29-17-7-5-4-6-8-17)20(27)25-30(3,28)18-9-11-26(12-10-18)19-13-16(14-22)23-15-24-19/h4-8,13,15,18H,9-12H2,1-3H3. The molecule has 30 heavy (non-hydrogen) atoms. The molecule has 158 valence electrons. The van der Waals surface area contributed by atoms with Crippen molar-refractivity contribution in [2.75, 3.05) is 24.2 Å². The zero-order valence-electron chi connectivity index (χ0n) is 17.3. The quantitative estimate of drug-likeness (QED) is 0.722. The van der Waals surface area contributed by atoms with Gasteiger partial charge in [0, 0.05) is 30.7 Å². The highest BCUT2D eigenvalue weighted by Crippen LogP contribution is 2.25. The molecule has 2 heterocycles. The summed E-state index contributed by atoms with van der Waals surface area (Å²) in [6, 6.07) is 12.7. The molecule has 1 aliphatic rings. The second kappa shape index (κ2) is 8.79. The third kappa shape index (κ3) is 5.13. The molecule has 0 radical (unpaired) electrons. The van der Waals surface area contributed by atoms with E-state index < -0.39 is 21.2 Å². The minimum Gasteiger partial charge on any atom is -0.478 e. The summed E-state index contributed by atoms with van der Waals surface area (Å²) in [6.07, 6.45) is 4.13. The number of hydrogen-bond donors (Lipinski definition) is 0. The van der Waals surface area contributed by atoms with Crippen LogP contribution in [0.5, 0.6) is 5.75 Å². The lowest BCUT2D eigenvalue weighted by Crippen LogP contribution is -2.41. The molecule has 2 aromatic rings. The van der Waals surface area contributed by atoms with Crippen LogP contribution >= 0.6 is 0 Å². The van der Waals surface area contributed by atoms with E-state index in [1.54, 1.807) is 38.3 Å². The number of carbonyl (C=O) groups is 1. The van der Waals surface area contributed by atoms with Gasteiger partial charge in [-0.05, 0) is 38.8 Å². The van der Waals surface area contributed by atoms with Gasteiger partial charge in [0.05, 0.1) is 9.73 Å². The van der Waals surface area contributed by atoms with Gasteiger partial charge in [0.25, 0.3) is 5.91 Å². The van der Waals surface area contributed by atoms with E-state index in [2.05, 4.69) is 14.3 Å². The fourth-order valence-corrected chi connectivity index (χ4v) is 5.06. The predicted octanol–water partition coefficient (Wildman–Crippen LogP) is 2.80. The zero-order valence-corrected chi connectivity index (χ0v) is 18.1. The minimum absolute atomic E-state index is 0.206. The van der Waals surface area contributed by atoms with Gasteiger partial charge in [-0.3, -0.25) is 4.79 Å². The Morgan fingerprint density at radius 2 is 1.93 bits per heavy atom. The van der Waals surface area contributed by atoms with E-state index in [-0.39, 0.29) is 5.25 Å². The van der Waals surface area contributed by atoms with Crippen LogP contribution in [0.2, 0.25) is 0 Å². The number of nitriles is 1. The van der Waals surface area contributed by atoms with Crippen LogP contribution in [-0.4, -0.2) is 50.3 Å². The van der Waals surface area contributed by atoms with Gasteiger partial charge in [-0.1, -0.05) is 18.2 Å². The van der Waals surface area contributed by atoms with E-state index in [9.17, 15) is 9.00 Å². The van der Waals surface area contributed by atoms with Gasteiger partial charge in [-0.25, -0.2) is 14.2 Å². The van der Waals surface area contributed by atoms with Crippen LogP contribution in [0.4, 0.5) is 5.82 Å². The summed E-state index contributed by atoms with van der Waals surface area (Å²) in [4.78, 5) is 22.9. The van der Waals surface area contributed by atoms with Crippen LogP contribution in [0.1, 0.15) is 32.4 Å². The van der Waals surface area contributed by atoms with Gasteiger partial charge in [0.15, 0.2) is 5.60 Å². The molecule has 9 heteroatoms. The summed E-state index contributed by atoms with van der Waals surface area (Å²) in [5.74, 6) is 0.701. The summed E-state index contributed by atoms with van der Waals surface area (Å²) in [5, 5.41) is 8.79. The van der Waals surface area contributed by atoms with Crippen molar-refractivity contribution in [3.63, 3.8) is 0 Å². The Morgan fingerprint density at radius 3 is 2.57 bits per heavy atom. The number of nitrogens with zero attached hydrogens (tertiary/aromatic N) is 5. The Bertz CT molecular complexity index is 1060. The van der Waals surface area contributed by atoms with Crippen LogP contribution in [0.15, 0.2) is 47.1 Å². The molecule has 1 aromatic heterocycles. The van der Waals surface area contributed by atoms with Crippen molar-refractivity contribution >= 4 is 21.5 Å². The average Bonchev–Trinajstić information content (AvgIpc) is 2.74. The number of anilines is 1. The number of rotatable bonds is 5. The molecule has 1 unspecified atom stereocenters. The number of para-hydroxylation sites is 1. The molecular formula is C21H25N5O3S. The molecule has 0 saturated carbocycles. The zero-order chi connectivity index (χ0) is 21.8. The fourth-order valence-electron chi connectivity index (χ4n) is 3.28. The summed E-state index contributed by atoms with van der Waals surface area (Å²) in [5.41, 5.74) is -0.905. The molecule has 0 spiro atoms. The van der Waals surface area contributed by atoms with Crippen LogP contribution in [0.25, 0.3) is 0 Å². The smallest absolute Gasteiger partial charge is 0.297 e. The lowest BCUT2D eigenvalue weighted by atomic mass is 10.1. The molecule has 1 amide bonds. The first kappa shape index (κ1) is 21.7. The summed E-state index contributed by atoms with van der Waals surface area (Å²) >= 11 is 0. The van der Waals surface area contributed by atoms with E-state index in [4.69, 9.17) is 10.00 Å². The Balaban J connectivity index is 1.68. The van der Waals surface area contributed by atoms with Crippen molar-refractivity contribution in [1.82, 2.24) is 9.97 Å². The van der Waals surface area contributed by atoms with Crippen molar-refractivity contribution in [2.45, 2.75) is 37.5 Å². The Labute approximate surface area is 177 Å². The second-order valence-corrected chi connectivity index (χ2v) is 10.3. The first-order valence-electron chi connectivity index (χ1n) is 9.68. The molecule has 1 aliphatic heterocycles. The lowest BCUT2D eigenvalue weighted by molar-refractivity contribution is -0.130. The number of carbonyl (C=O) groups excluding carboxylic acids is 1. The van der Waals surface area contributed by atoms with Crippen LogP contribution in [0, 0.1) is 11.3 Å². The van der Waals surface area contributed by atoms with Crippen LogP contribution < -0.4 is 9.64 Å². The third-order valence-electron chi connectivity index (χ3n) is 5.05.